The second kappa shape index (κ2) is 4.42. The molecule has 0 aliphatic rings. The average Bonchev–Trinajstić information content (AvgIpc) is 1.99. The summed E-state index contributed by atoms with van der Waals surface area (Å²) in [5, 5.41) is 9.43. The molecule has 0 rings (SSSR count). The molecule has 0 aromatic carbocycles. The lowest BCUT2D eigenvalue weighted by Crippen LogP contribution is -2.41. The van der Waals surface area contributed by atoms with Gasteiger partial charge in [0.25, 0.3) is 0 Å². The van der Waals surface area contributed by atoms with Crippen LogP contribution in [0.5, 0.6) is 0 Å². The molecule has 0 aromatic rings. The third-order valence-electron chi connectivity index (χ3n) is 1.32. The number of hydrogen-bond acceptors (Lipinski definition) is 4. The number of carbonyl (C=O) groups excluding carboxylic acids is 1. The first-order chi connectivity index (χ1) is 5.40. The molecular weight excluding hydrogens is 160 g/mol. The van der Waals surface area contributed by atoms with E-state index in [2.05, 4.69) is 4.74 Å². The highest BCUT2D eigenvalue weighted by Crippen LogP contribution is 2.07. The minimum atomic E-state index is -1.54. The first-order valence-corrected chi connectivity index (χ1v) is 3.82. The Morgan fingerprint density at radius 1 is 1.58 bits per heavy atom. The Morgan fingerprint density at radius 2 is 2.08 bits per heavy atom. The average molecular weight is 176 g/mol. The molecular formula is C8H16O4. The van der Waals surface area contributed by atoms with E-state index < -0.39 is 11.6 Å². The topological polar surface area (TPSA) is 55.8 Å². The van der Waals surface area contributed by atoms with E-state index in [-0.39, 0.29) is 12.7 Å². The molecule has 0 aliphatic carbocycles. The van der Waals surface area contributed by atoms with Gasteiger partial charge in [-0.1, -0.05) is 0 Å². The van der Waals surface area contributed by atoms with E-state index in [0.29, 0.717) is 0 Å². The summed E-state index contributed by atoms with van der Waals surface area (Å²) >= 11 is 0. The highest BCUT2D eigenvalue weighted by atomic mass is 16.6. The zero-order valence-electron chi connectivity index (χ0n) is 7.96. The molecule has 0 radical (unpaired) electrons. The third-order valence-corrected chi connectivity index (χ3v) is 1.32. The van der Waals surface area contributed by atoms with Gasteiger partial charge < -0.3 is 14.6 Å². The normalized spacial score (nSPS) is 15.8. The fourth-order valence-electron chi connectivity index (χ4n) is 0.608. The van der Waals surface area contributed by atoms with Crippen LogP contribution in [0.25, 0.3) is 0 Å². The molecule has 0 saturated heterocycles. The number of esters is 1. The van der Waals surface area contributed by atoms with E-state index in [1.807, 2.05) is 13.8 Å². The molecule has 0 fully saturated rings. The SMILES string of the molecule is COC(=O)C(C)(O)COC(C)C. The van der Waals surface area contributed by atoms with Gasteiger partial charge in [-0.3, -0.25) is 0 Å². The summed E-state index contributed by atoms with van der Waals surface area (Å²) in [6, 6.07) is 0. The summed E-state index contributed by atoms with van der Waals surface area (Å²) in [6.45, 7) is 4.97. The lowest BCUT2D eigenvalue weighted by atomic mass is 10.1. The molecule has 72 valence electrons. The summed E-state index contributed by atoms with van der Waals surface area (Å²) < 4.78 is 9.46. The van der Waals surface area contributed by atoms with Crippen LogP contribution in [0.15, 0.2) is 0 Å². The fourth-order valence-corrected chi connectivity index (χ4v) is 0.608. The van der Waals surface area contributed by atoms with Gasteiger partial charge in [-0.2, -0.15) is 0 Å². The summed E-state index contributed by atoms with van der Waals surface area (Å²) in [4.78, 5) is 10.9. The number of rotatable bonds is 4. The number of methoxy groups -OCH3 is 1. The Balaban J connectivity index is 3.95. The van der Waals surface area contributed by atoms with Crippen LogP contribution in [0.1, 0.15) is 20.8 Å². The van der Waals surface area contributed by atoms with Crippen LogP contribution in [0.2, 0.25) is 0 Å². The van der Waals surface area contributed by atoms with Crippen molar-refractivity contribution in [3.63, 3.8) is 0 Å². The van der Waals surface area contributed by atoms with Crippen LogP contribution in [0.4, 0.5) is 0 Å². The summed E-state index contributed by atoms with van der Waals surface area (Å²) in [6.07, 6.45) is -0.0128. The van der Waals surface area contributed by atoms with Crippen molar-refractivity contribution in [3.05, 3.63) is 0 Å². The predicted octanol–water partition coefficient (Wildman–Crippen LogP) is 0.335. The quantitative estimate of drug-likeness (QED) is 0.627. The van der Waals surface area contributed by atoms with Gasteiger partial charge in [0.15, 0.2) is 5.60 Å². The van der Waals surface area contributed by atoms with Crippen molar-refractivity contribution in [2.24, 2.45) is 0 Å². The van der Waals surface area contributed by atoms with E-state index in [4.69, 9.17) is 4.74 Å². The van der Waals surface area contributed by atoms with Gasteiger partial charge in [0.2, 0.25) is 0 Å². The second-order valence-electron chi connectivity index (χ2n) is 3.13. The van der Waals surface area contributed by atoms with E-state index >= 15 is 0 Å². The van der Waals surface area contributed by atoms with Gasteiger partial charge in [0, 0.05) is 0 Å². The van der Waals surface area contributed by atoms with Crippen molar-refractivity contribution in [3.8, 4) is 0 Å². The van der Waals surface area contributed by atoms with Gasteiger partial charge in [0.1, 0.15) is 0 Å². The van der Waals surface area contributed by atoms with Crippen LogP contribution < -0.4 is 0 Å². The first kappa shape index (κ1) is 11.4. The van der Waals surface area contributed by atoms with Crippen LogP contribution in [-0.2, 0) is 14.3 Å². The zero-order valence-corrected chi connectivity index (χ0v) is 7.96. The van der Waals surface area contributed by atoms with Gasteiger partial charge in [-0.05, 0) is 20.8 Å². The number of aliphatic hydroxyl groups is 1. The highest BCUT2D eigenvalue weighted by molar-refractivity contribution is 5.78. The van der Waals surface area contributed by atoms with Crippen LogP contribution in [-0.4, -0.2) is 36.5 Å². The van der Waals surface area contributed by atoms with Gasteiger partial charge >= 0.3 is 5.97 Å². The largest absolute Gasteiger partial charge is 0.467 e. The van der Waals surface area contributed by atoms with Crippen molar-refractivity contribution in [2.75, 3.05) is 13.7 Å². The van der Waals surface area contributed by atoms with Gasteiger partial charge in [0.05, 0.1) is 19.8 Å². The van der Waals surface area contributed by atoms with Crippen LogP contribution in [0, 0.1) is 0 Å². The fraction of sp³-hybridized carbons (Fsp3) is 0.875. The highest BCUT2D eigenvalue weighted by Gasteiger charge is 2.31. The monoisotopic (exact) mass is 176 g/mol. The standard InChI is InChI=1S/C8H16O4/c1-6(2)12-5-8(3,10)7(9)11-4/h6,10H,5H2,1-4H3. The second-order valence-corrected chi connectivity index (χ2v) is 3.13. The van der Waals surface area contributed by atoms with Gasteiger partial charge in [-0.15, -0.1) is 0 Å². The maximum Gasteiger partial charge on any atom is 0.339 e. The smallest absolute Gasteiger partial charge is 0.339 e. The van der Waals surface area contributed by atoms with Crippen molar-refractivity contribution >= 4 is 5.97 Å². The number of ether oxygens (including phenoxy) is 2. The predicted molar refractivity (Wildman–Crippen MR) is 43.7 cm³/mol. The lowest BCUT2D eigenvalue weighted by Gasteiger charge is -2.21. The Hall–Kier alpha value is -0.610. The Labute approximate surface area is 72.5 Å². The van der Waals surface area contributed by atoms with E-state index in [0.717, 1.165) is 0 Å². The maximum atomic E-state index is 10.9. The number of carbonyl (C=O) groups is 1. The Bertz CT molecular complexity index is 151. The zero-order chi connectivity index (χ0) is 9.78. The summed E-state index contributed by atoms with van der Waals surface area (Å²) in [7, 11) is 1.23. The lowest BCUT2D eigenvalue weighted by molar-refractivity contribution is -0.167. The van der Waals surface area contributed by atoms with Crippen molar-refractivity contribution in [1.82, 2.24) is 0 Å². The van der Waals surface area contributed by atoms with Crippen molar-refractivity contribution in [2.45, 2.75) is 32.5 Å². The van der Waals surface area contributed by atoms with E-state index in [1.54, 1.807) is 0 Å². The van der Waals surface area contributed by atoms with Crippen LogP contribution >= 0.6 is 0 Å². The van der Waals surface area contributed by atoms with E-state index in [1.165, 1.54) is 14.0 Å². The molecule has 0 heterocycles. The molecule has 0 aromatic heterocycles. The molecule has 12 heavy (non-hydrogen) atoms. The molecule has 0 aliphatic heterocycles. The van der Waals surface area contributed by atoms with Crippen molar-refractivity contribution in [1.29, 1.82) is 0 Å². The molecule has 4 heteroatoms. The van der Waals surface area contributed by atoms with E-state index in [9.17, 15) is 9.90 Å². The third kappa shape index (κ3) is 3.69. The van der Waals surface area contributed by atoms with Crippen molar-refractivity contribution < 1.29 is 19.4 Å². The Morgan fingerprint density at radius 3 is 2.42 bits per heavy atom. The maximum absolute atomic E-state index is 10.9. The number of hydrogen-bond donors (Lipinski definition) is 1. The minimum Gasteiger partial charge on any atom is -0.467 e. The van der Waals surface area contributed by atoms with Crippen LogP contribution in [0.3, 0.4) is 0 Å². The Kier molecular flexibility index (Phi) is 4.20. The minimum absolute atomic E-state index is 0.0128. The molecule has 1 unspecified atom stereocenters. The molecule has 0 bridgehead atoms. The summed E-state index contributed by atoms with van der Waals surface area (Å²) in [5.41, 5.74) is -1.54. The summed E-state index contributed by atoms with van der Waals surface area (Å²) in [5.74, 6) is -0.678. The molecule has 0 saturated carbocycles. The van der Waals surface area contributed by atoms with Gasteiger partial charge in [-0.25, -0.2) is 4.79 Å². The molecule has 1 N–H and O–H groups in total. The molecule has 0 amide bonds. The molecule has 0 spiro atoms. The molecule has 4 nitrogen and oxygen atoms in total. The molecule has 1 atom stereocenters. The first-order valence-electron chi connectivity index (χ1n) is 3.82.